The molecule has 2 saturated heterocycles. The highest BCUT2D eigenvalue weighted by atomic mass is 19.1. The Morgan fingerprint density at radius 2 is 1.76 bits per heavy atom. The quantitative estimate of drug-likeness (QED) is 0.585. The first-order valence-corrected chi connectivity index (χ1v) is 12.6. The fourth-order valence-electron chi connectivity index (χ4n) is 5.21. The van der Waals surface area contributed by atoms with Crippen LogP contribution in [-0.4, -0.2) is 72.4 Å². The summed E-state index contributed by atoms with van der Waals surface area (Å²) >= 11 is 0. The first-order chi connectivity index (χ1) is 18.0. The van der Waals surface area contributed by atoms with E-state index < -0.39 is 29.3 Å². The maximum absolute atomic E-state index is 14.3. The highest BCUT2D eigenvalue weighted by Gasteiger charge is 2.58. The Morgan fingerprint density at radius 1 is 1.08 bits per heavy atom. The number of likely N-dealkylation sites (tertiary alicyclic amines) is 1. The number of ether oxygens (including phenoxy) is 1. The number of rotatable bonds is 6. The molecule has 9 nitrogen and oxygen atoms in total. The molecule has 0 aromatic heterocycles. The average Bonchev–Trinajstić information content (AvgIpc) is 3.08. The van der Waals surface area contributed by atoms with Crippen molar-refractivity contribution >= 4 is 29.4 Å². The van der Waals surface area contributed by atoms with E-state index in [-0.39, 0.29) is 49.2 Å². The second-order valence-corrected chi connectivity index (χ2v) is 10.2. The minimum atomic E-state index is -1.13. The van der Waals surface area contributed by atoms with Crippen LogP contribution in [0.25, 0.3) is 0 Å². The van der Waals surface area contributed by atoms with E-state index in [0.29, 0.717) is 11.4 Å². The normalized spacial score (nSPS) is 17.8. The molecule has 202 valence electrons. The van der Waals surface area contributed by atoms with E-state index in [0.717, 1.165) is 10.5 Å². The number of hydrogen-bond acceptors (Lipinski definition) is 5. The van der Waals surface area contributed by atoms with Crippen molar-refractivity contribution in [3.05, 3.63) is 59.4 Å². The molecular formula is C28H33FN4O5. The van der Waals surface area contributed by atoms with Crippen molar-refractivity contribution in [2.24, 2.45) is 5.92 Å². The molecule has 2 fully saturated rings. The van der Waals surface area contributed by atoms with Gasteiger partial charge < -0.3 is 15.0 Å². The number of benzene rings is 2. The van der Waals surface area contributed by atoms with E-state index >= 15 is 0 Å². The molecule has 2 aliphatic heterocycles. The Hall–Kier alpha value is -3.95. The Morgan fingerprint density at radius 3 is 2.39 bits per heavy atom. The zero-order valence-corrected chi connectivity index (χ0v) is 22.3. The number of anilines is 1. The summed E-state index contributed by atoms with van der Waals surface area (Å²) in [4.78, 5) is 57.1. The van der Waals surface area contributed by atoms with Crippen molar-refractivity contribution in [1.82, 2.24) is 15.1 Å². The van der Waals surface area contributed by atoms with E-state index in [4.69, 9.17) is 4.74 Å². The van der Waals surface area contributed by atoms with E-state index in [2.05, 4.69) is 5.32 Å². The van der Waals surface area contributed by atoms with E-state index in [9.17, 15) is 23.6 Å². The number of halogens is 1. The van der Waals surface area contributed by atoms with Gasteiger partial charge in [0.1, 0.15) is 23.1 Å². The lowest BCUT2D eigenvalue weighted by atomic mass is 9.85. The van der Waals surface area contributed by atoms with Crippen LogP contribution in [-0.2, 0) is 9.59 Å². The zero-order valence-electron chi connectivity index (χ0n) is 22.3. The summed E-state index contributed by atoms with van der Waals surface area (Å²) in [7, 11) is 2.98. The van der Waals surface area contributed by atoms with Gasteiger partial charge >= 0.3 is 6.03 Å². The molecule has 2 aromatic carbocycles. The predicted molar refractivity (Wildman–Crippen MR) is 139 cm³/mol. The van der Waals surface area contributed by atoms with Crippen LogP contribution in [0.3, 0.4) is 0 Å². The standard InChI is InChI=1S/C28H33FN4O5/c1-17(2)23(30-24(34)21-15-18(3)9-10-22(21)29)25(35)32-13-11-28(12-14-32)26(36)31(4)27(37)33(28)19-7-6-8-20(16-19)38-5/h6-10,15-17,23H,11-14H2,1-5H3,(H,30,34)/t23-/m1/s1. The number of nitrogens with one attached hydrogen (secondary N) is 1. The molecule has 38 heavy (non-hydrogen) atoms. The number of piperidine rings is 1. The summed E-state index contributed by atoms with van der Waals surface area (Å²) in [6, 6.07) is 9.90. The molecule has 10 heteroatoms. The van der Waals surface area contributed by atoms with Gasteiger partial charge in [-0.25, -0.2) is 9.18 Å². The summed E-state index contributed by atoms with van der Waals surface area (Å²) in [6.45, 7) is 5.79. The van der Waals surface area contributed by atoms with Crippen LogP contribution in [0.15, 0.2) is 42.5 Å². The molecule has 0 bridgehead atoms. The maximum atomic E-state index is 14.3. The van der Waals surface area contributed by atoms with Crippen molar-refractivity contribution in [3.63, 3.8) is 0 Å². The number of likely N-dealkylation sites (N-methyl/N-ethyl adjacent to an activating group) is 1. The van der Waals surface area contributed by atoms with Gasteiger partial charge in [-0.1, -0.05) is 31.5 Å². The molecule has 1 atom stereocenters. The number of carbonyl (C=O) groups excluding carboxylic acids is 4. The minimum Gasteiger partial charge on any atom is -0.497 e. The lowest BCUT2D eigenvalue weighted by Crippen LogP contribution is -2.60. The third kappa shape index (κ3) is 4.70. The Balaban J connectivity index is 1.54. The number of carbonyl (C=O) groups is 4. The fraction of sp³-hybridized carbons (Fsp3) is 0.429. The van der Waals surface area contributed by atoms with Gasteiger partial charge in [-0.2, -0.15) is 0 Å². The van der Waals surface area contributed by atoms with Gasteiger partial charge in [-0.15, -0.1) is 0 Å². The van der Waals surface area contributed by atoms with Gasteiger partial charge in [-0.3, -0.25) is 24.2 Å². The zero-order chi connectivity index (χ0) is 27.8. The first kappa shape index (κ1) is 27.1. The second kappa shape index (κ2) is 10.4. The fourth-order valence-corrected chi connectivity index (χ4v) is 5.21. The smallest absolute Gasteiger partial charge is 0.331 e. The number of amides is 5. The van der Waals surface area contributed by atoms with Crippen molar-refractivity contribution < 1.29 is 28.3 Å². The molecule has 2 aromatic rings. The molecule has 0 saturated carbocycles. The summed E-state index contributed by atoms with van der Waals surface area (Å²) in [6.07, 6.45) is 0.465. The van der Waals surface area contributed by atoms with Crippen molar-refractivity contribution in [2.75, 3.05) is 32.1 Å². The highest BCUT2D eigenvalue weighted by Crippen LogP contribution is 2.41. The lowest BCUT2D eigenvalue weighted by molar-refractivity contribution is -0.139. The van der Waals surface area contributed by atoms with Gasteiger partial charge in [0.2, 0.25) is 5.91 Å². The molecule has 2 aliphatic rings. The Labute approximate surface area is 221 Å². The SMILES string of the molecule is COc1cccc(N2C(=O)N(C)C(=O)C23CCN(C(=O)[C@H](NC(=O)c2cc(C)ccc2F)C(C)C)CC3)c1. The Bertz CT molecular complexity index is 1270. The summed E-state index contributed by atoms with van der Waals surface area (Å²) in [5.74, 6) is -1.65. The monoisotopic (exact) mass is 524 g/mol. The largest absolute Gasteiger partial charge is 0.497 e. The predicted octanol–water partition coefficient (Wildman–Crippen LogP) is 3.36. The molecule has 1 N–H and O–H groups in total. The van der Waals surface area contributed by atoms with Crippen molar-refractivity contribution in [2.45, 2.75) is 45.2 Å². The van der Waals surface area contributed by atoms with Crippen LogP contribution >= 0.6 is 0 Å². The van der Waals surface area contributed by atoms with E-state index in [1.165, 1.54) is 31.2 Å². The third-order valence-electron chi connectivity index (χ3n) is 7.41. The topological polar surface area (TPSA) is 99.3 Å². The molecule has 1 spiro atoms. The Kier molecular flexibility index (Phi) is 7.44. The maximum Gasteiger partial charge on any atom is 0.331 e. The van der Waals surface area contributed by atoms with Crippen LogP contribution in [0.4, 0.5) is 14.9 Å². The number of imide groups is 1. The molecule has 0 aliphatic carbocycles. The molecular weight excluding hydrogens is 491 g/mol. The number of aryl methyl sites for hydroxylation is 1. The molecule has 4 rings (SSSR count). The molecule has 5 amide bonds. The third-order valence-corrected chi connectivity index (χ3v) is 7.41. The van der Waals surface area contributed by atoms with Crippen LogP contribution in [0.1, 0.15) is 42.6 Å². The molecule has 0 unspecified atom stereocenters. The number of hydrogen-bond donors (Lipinski definition) is 1. The molecule has 2 heterocycles. The van der Waals surface area contributed by atoms with Gasteiger partial charge in [-0.05, 0) is 49.9 Å². The number of urea groups is 1. The second-order valence-electron chi connectivity index (χ2n) is 10.2. The lowest BCUT2D eigenvalue weighted by Gasteiger charge is -2.43. The molecule has 0 radical (unpaired) electrons. The summed E-state index contributed by atoms with van der Waals surface area (Å²) in [5.41, 5.74) is 0.0232. The number of nitrogens with zero attached hydrogens (tertiary/aromatic N) is 3. The van der Waals surface area contributed by atoms with E-state index in [1.807, 2.05) is 0 Å². The number of methoxy groups -OCH3 is 1. The van der Waals surface area contributed by atoms with Crippen molar-refractivity contribution in [1.29, 1.82) is 0 Å². The average molecular weight is 525 g/mol. The van der Waals surface area contributed by atoms with E-state index in [1.54, 1.807) is 56.0 Å². The van der Waals surface area contributed by atoms with Crippen molar-refractivity contribution in [3.8, 4) is 5.75 Å². The highest BCUT2D eigenvalue weighted by molar-refractivity contribution is 6.16. The summed E-state index contributed by atoms with van der Waals surface area (Å²) < 4.78 is 19.6. The van der Waals surface area contributed by atoms with Crippen LogP contribution < -0.4 is 15.0 Å². The van der Waals surface area contributed by atoms with Crippen LogP contribution in [0.2, 0.25) is 0 Å². The van der Waals surface area contributed by atoms with Crippen LogP contribution in [0, 0.1) is 18.7 Å². The minimum absolute atomic E-state index is 0.118. The van der Waals surface area contributed by atoms with Crippen LogP contribution in [0.5, 0.6) is 5.75 Å². The van der Waals surface area contributed by atoms with Gasteiger partial charge in [0.05, 0.1) is 18.4 Å². The van der Waals surface area contributed by atoms with Gasteiger partial charge in [0.25, 0.3) is 11.8 Å². The summed E-state index contributed by atoms with van der Waals surface area (Å²) in [5, 5.41) is 2.71. The van der Waals surface area contributed by atoms with Gasteiger partial charge in [0.15, 0.2) is 0 Å². The first-order valence-electron chi connectivity index (χ1n) is 12.6. The van der Waals surface area contributed by atoms with Gasteiger partial charge in [0, 0.05) is 26.2 Å².